The van der Waals surface area contributed by atoms with E-state index in [1.165, 1.54) is 30.9 Å². The Kier molecular flexibility index (Phi) is 5.62. The average Bonchev–Trinajstić information content (AvgIpc) is 2.90. The van der Waals surface area contributed by atoms with Crippen molar-refractivity contribution >= 4 is 23.3 Å². The number of nitrogens with zero attached hydrogens (tertiary/aromatic N) is 4. The van der Waals surface area contributed by atoms with Crippen LogP contribution in [0.2, 0.25) is 5.02 Å². The lowest BCUT2D eigenvalue weighted by Gasteiger charge is -2.31. The molecular formula is C20H22ClFN4O2. The zero-order chi connectivity index (χ0) is 19.5. The minimum atomic E-state index is -0.497. The Balaban J connectivity index is 1.42. The number of hydrogen-bond acceptors (Lipinski definition) is 5. The largest absolute Gasteiger partial charge is 0.439 e. The molecule has 0 unspecified atom stereocenters. The van der Waals surface area contributed by atoms with Gasteiger partial charge in [0.15, 0.2) is 0 Å². The Morgan fingerprint density at radius 2 is 1.96 bits per heavy atom. The molecule has 1 saturated carbocycles. The molecule has 8 heteroatoms. The maximum atomic E-state index is 13.3. The van der Waals surface area contributed by atoms with Crippen LogP contribution in [0, 0.1) is 11.7 Å². The van der Waals surface area contributed by atoms with Gasteiger partial charge in [-0.1, -0.05) is 18.0 Å². The van der Waals surface area contributed by atoms with Crippen LogP contribution in [0.5, 0.6) is 11.6 Å². The normalized spacial score (nSPS) is 17.8. The minimum absolute atomic E-state index is 0.00415. The molecule has 6 nitrogen and oxygen atoms in total. The van der Waals surface area contributed by atoms with Crippen LogP contribution in [0.25, 0.3) is 0 Å². The second-order valence-electron chi connectivity index (χ2n) is 7.19. The molecule has 2 aliphatic rings. The number of rotatable bonds is 4. The summed E-state index contributed by atoms with van der Waals surface area (Å²) in [6.45, 7) is 3.02. The van der Waals surface area contributed by atoms with E-state index in [0.29, 0.717) is 24.1 Å². The van der Waals surface area contributed by atoms with Crippen molar-refractivity contribution in [3.05, 3.63) is 41.4 Å². The van der Waals surface area contributed by atoms with Crippen molar-refractivity contribution in [3.63, 3.8) is 0 Å². The van der Waals surface area contributed by atoms with E-state index < -0.39 is 5.82 Å². The summed E-state index contributed by atoms with van der Waals surface area (Å²) < 4.78 is 19.0. The van der Waals surface area contributed by atoms with E-state index in [1.807, 2.05) is 4.90 Å². The van der Waals surface area contributed by atoms with Gasteiger partial charge >= 0.3 is 0 Å². The molecule has 1 aliphatic carbocycles. The molecule has 0 radical (unpaired) electrons. The van der Waals surface area contributed by atoms with Gasteiger partial charge in [0.25, 0.3) is 0 Å². The quantitative estimate of drug-likeness (QED) is 0.773. The third kappa shape index (κ3) is 4.19. The van der Waals surface area contributed by atoms with Gasteiger partial charge in [-0.25, -0.2) is 14.4 Å². The summed E-state index contributed by atoms with van der Waals surface area (Å²) in [6.07, 6.45) is 5.56. The van der Waals surface area contributed by atoms with E-state index >= 15 is 0 Å². The highest BCUT2D eigenvalue weighted by atomic mass is 35.5. The summed E-state index contributed by atoms with van der Waals surface area (Å²) in [5.41, 5.74) is 0. The number of anilines is 1. The summed E-state index contributed by atoms with van der Waals surface area (Å²) in [5.74, 6) is 1.55. The predicted octanol–water partition coefficient (Wildman–Crippen LogP) is 3.90. The number of carbonyl (C=O) groups excluding carboxylic acids is 1. The summed E-state index contributed by atoms with van der Waals surface area (Å²) in [5, 5.41) is -0.00415. The van der Waals surface area contributed by atoms with Gasteiger partial charge in [0.1, 0.15) is 23.7 Å². The van der Waals surface area contributed by atoms with E-state index in [4.69, 9.17) is 16.3 Å². The predicted molar refractivity (Wildman–Crippen MR) is 104 cm³/mol. The molecule has 1 aromatic heterocycles. The Labute approximate surface area is 168 Å². The molecule has 2 fully saturated rings. The second-order valence-corrected chi connectivity index (χ2v) is 7.59. The molecule has 2 heterocycles. The lowest BCUT2D eigenvalue weighted by Crippen LogP contribution is -2.41. The smallest absolute Gasteiger partial charge is 0.225 e. The molecule has 1 aliphatic heterocycles. The highest BCUT2D eigenvalue weighted by Gasteiger charge is 2.30. The zero-order valence-electron chi connectivity index (χ0n) is 15.5. The first kappa shape index (κ1) is 18.9. The van der Waals surface area contributed by atoms with Crippen molar-refractivity contribution in [1.82, 2.24) is 14.9 Å². The molecule has 1 saturated heterocycles. The summed E-state index contributed by atoms with van der Waals surface area (Å²) in [4.78, 5) is 25.1. The lowest BCUT2D eigenvalue weighted by molar-refractivity contribution is -0.137. The molecule has 148 valence electrons. The van der Waals surface area contributed by atoms with Gasteiger partial charge in [-0.3, -0.25) is 4.79 Å². The Hall–Kier alpha value is -2.41. The van der Waals surface area contributed by atoms with E-state index in [1.54, 1.807) is 6.07 Å². The molecule has 0 spiro atoms. The van der Waals surface area contributed by atoms with Crippen LogP contribution < -0.4 is 9.64 Å². The van der Waals surface area contributed by atoms with Crippen LogP contribution >= 0.6 is 11.6 Å². The highest BCUT2D eigenvalue weighted by Crippen LogP contribution is 2.29. The molecule has 0 bridgehead atoms. The fourth-order valence-corrected chi connectivity index (χ4v) is 3.67. The van der Waals surface area contributed by atoms with E-state index in [2.05, 4.69) is 14.9 Å². The fraction of sp³-hybridized carbons (Fsp3) is 0.450. The molecule has 1 aromatic carbocycles. The third-order valence-corrected chi connectivity index (χ3v) is 5.62. The molecule has 1 amide bonds. The minimum Gasteiger partial charge on any atom is -0.439 e. The van der Waals surface area contributed by atoms with Crippen LogP contribution in [0.3, 0.4) is 0 Å². The van der Waals surface area contributed by atoms with Gasteiger partial charge in [-0.05, 0) is 31.4 Å². The molecule has 0 atom stereocenters. The number of carbonyl (C=O) groups is 1. The van der Waals surface area contributed by atoms with Crippen molar-refractivity contribution in [3.8, 4) is 11.6 Å². The highest BCUT2D eigenvalue weighted by molar-refractivity contribution is 6.30. The standard InChI is InChI=1S/C20H22ClFN4O2/c21-16-11-15(5-6-17(16)22)28-19-12-18(23-13-24-19)25-7-2-8-26(10-9-25)20(27)14-3-1-4-14/h5-6,11-14H,1-4,7-10H2. The van der Waals surface area contributed by atoms with E-state index in [0.717, 1.165) is 44.7 Å². The zero-order valence-corrected chi connectivity index (χ0v) is 16.2. The maximum Gasteiger partial charge on any atom is 0.225 e. The van der Waals surface area contributed by atoms with Gasteiger partial charge in [-0.2, -0.15) is 0 Å². The topological polar surface area (TPSA) is 58.6 Å². The van der Waals surface area contributed by atoms with Gasteiger partial charge < -0.3 is 14.5 Å². The van der Waals surface area contributed by atoms with Gasteiger partial charge in [-0.15, -0.1) is 0 Å². The third-order valence-electron chi connectivity index (χ3n) is 5.33. The van der Waals surface area contributed by atoms with Crippen LogP contribution in [-0.2, 0) is 4.79 Å². The van der Waals surface area contributed by atoms with Crippen LogP contribution in [0.1, 0.15) is 25.7 Å². The Morgan fingerprint density at radius 1 is 1.11 bits per heavy atom. The summed E-state index contributed by atoms with van der Waals surface area (Å²) in [7, 11) is 0. The number of amides is 1. The second kappa shape index (κ2) is 8.31. The number of hydrogen-bond donors (Lipinski definition) is 0. The van der Waals surface area contributed by atoms with Crippen LogP contribution in [-0.4, -0.2) is 47.0 Å². The van der Waals surface area contributed by atoms with E-state index in [9.17, 15) is 9.18 Å². The van der Waals surface area contributed by atoms with Crippen LogP contribution in [0.15, 0.2) is 30.6 Å². The van der Waals surface area contributed by atoms with Gasteiger partial charge in [0.2, 0.25) is 11.8 Å². The van der Waals surface area contributed by atoms with Crippen molar-refractivity contribution in [2.75, 3.05) is 31.1 Å². The SMILES string of the molecule is O=C(C1CCC1)N1CCCN(c2cc(Oc3ccc(F)c(Cl)c3)ncn2)CC1. The number of halogens is 2. The maximum absolute atomic E-state index is 13.3. The first-order valence-electron chi connectivity index (χ1n) is 9.59. The molecule has 4 rings (SSSR count). The Bertz CT molecular complexity index is 862. The molecule has 0 N–H and O–H groups in total. The molecular weight excluding hydrogens is 383 g/mol. The summed E-state index contributed by atoms with van der Waals surface area (Å²) in [6, 6.07) is 5.91. The number of aromatic nitrogens is 2. The van der Waals surface area contributed by atoms with Crippen LogP contribution in [0.4, 0.5) is 10.2 Å². The first-order valence-corrected chi connectivity index (χ1v) is 9.96. The average molecular weight is 405 g/mol. The van der Waals surface area contributed by atoms with Gasteiger partial charge in [0.05, 0.1) is 5.02 Å². The van der Waals surface area contributed by atoms with Crippen molar-refractivity contribution in [1.29, 1.82) is 0 Å². The first-order chi connectivity index (χ1) is 13.6. The number of benzene rings is 1. The fourth-order valence-electron chi connectivity index (χ4n) is 3.50. The van der Waals surface area contributed by atoms with E-state index in [-0.39, 0.29) is 10.9 Å². The van der Waals surface area contributed by atoms with Crippen molar-refractivity contribution < 1.29 is 13.9 Å². The monoisotopic (exact) mass is 404 g/mol. The summed E-state index contributed by atoms with van der Waals surface area (Å²) >= 11 is 5.80. The molecule has 2 aromatic rings. The Morgan fingerprint density at radius 3 is 2.71 bits per heavy atom. The number of ether oxygens (including phenoxy) is 1. The molecule has 28 heavy (non-hydrogen) atoms. The van der Waals surface area contributed by atoms with Crippen molar-refractivity contribution in [2.24, 2.45) is 5.92 Å². The van der Waals surface area contributed by atoms with Gasteiger partial charge in [0, 0.05) is 44.2 Å². The lowest BCUT2D eigenvalue weighted by atomic mass is 9.84. The van der Waals surface area contributed by atoms with Crippen molar-refractivity contribution in [2.45, 2.75) is 25.7 Å².